The molecule has 0 aliphatic heterocycles. The summed E-state index contributed by atoms with van der Waals surface area (Å²) in [6.45, 7) is 0. The quantitative estimate of drug-likeness (QED) is 0.643. The Morgan fingerprint density at radius 3 is 2.47 bits per heavy atom. The predicted octanol–water partition coefficient (Wildman–Crippen LogP) is 4.08. The van der Waals surface area contributed by atoms with Gasteiger partial charge in [-0.25, -0.2) is 4.39 Å². The van der Waals surface area contributed by atoms with Crippen molar-refractivity contribution in [1.82, 2.24) is 0 Å². The minimum absolute atomic E-state index is 0.288. The molecule has 0 atom stereocenters. The van der Waals surface area contributed by atoms with Crippen molar-refractivity contribution < 1.29 is 9.18 Å². The lowest BCUT2D eigenvalue weighted by Crippen LogP contribution is -2.07. The van der Waals surface area contributed by atoms with Gasteiger partial charge in [-0.2, -0.15) is 0 Å². The number of benzene rings is 2. The minimum atomic E-state index is -0.346. The first-order valence-corrected chi connectivity index (χ1v) is 6.72. The van der Waals surface area contributed by atoms with Gasteiger partial charge in [0.05, 0.1) is 0 Å². The Hall–Kier alpha value is -1.69. The number of carbonyl (C=O) groups is 1. The highest BCUT2D eigenvalue weighted by atomic mass is 127. The first kappa shape index (κ1) is 13.7. The van der Waals surface area contributed by atoms with E-state index in [9.17, 15) is 9.18 Å². The van der Waals surface area contributed by atoms with Gasteiger partial charge in [-0.05, 0) is 59.0 Å². The number of amides is 1. The Balaban J connectivity index is 2.02. The molecule has 4 heteroatoms. The van der Waals surface area contributed by atoms with E-state index in [1.54, 1.807) is 18.2 Å². The van der Waals surface area contributed by atoms with E-state index in [0.29, 0.717) is 11.3 Å². The molecule has 0 saturated heterocycles. The smallest absolute Gasteiger partial charge is 0.248 e. The molecule has 0 saturated carbocycles. The standard InChI is InChI=1S/C15H11FINO/c16-14-4-2-1-3-11(14)5-10-15(19)18-13-8-6-12(17)7-9-13/h1-10H,(H,18,19)/b10-5+. The number of rotatable bonds is 3. The van der Waals surface area contributed by atoms with Gasteiger partial charge in [-0.15, -0.1) is 0 Å². The van der Waals surface area contributed by atoms with Gasteiger partial charge < -0.3 is 5.32 Å². The summed E-state index contributed by atoms with van der Waals surface area (Å²) in [4.78, 5) is 11.7. The topological polar surface area (TPSA) is 29.1 Å². The highest BCUT2D eigenvalue weighted by molar-refractivity contribution is 14.1. The molecule has 96 valence electrons. The molecule has 2 nitrogen and oxygen atoms in total. The van der Waals surface area contributed by atoms with Crippen molar-refractivity contribution in [3.05, 3.63) is 69.6 Å². The van der Waals surface area contributed by atoms with Crippen molar-refractivity contribution in [3.63, 3.8) is 0 Å². The maximum absolute atomic E-state index is 13.3. The van der Waals surface area contributed by atoms with Crippen LogP contribution < -0.4 is 5.32 Å². The fourth-order valence-electron chi connectivity index (χ4n) is 1.49. The maximum Gasteiger partial charge on any atom is 0.248 e. The zero-order valence-electron chi connectivity index (χ0n) is 9.94. The predicted molar refractivity (Wildman–Crippen MR) is 83.2 cm³/mol. The molecule has 2 aromatic rings. The number of hydrogen-bond acceptors (Lipinski definition) is 1. The van der Waals surface area contributed by atoms with E-state index >= 15 is 0 Å². The SMILES string of the molecule is O=C(/C=C/c1ccccc1F)Nc1ccc(I)cc1. The number of nitrogens with one attached hydrogen (secondary N) is 1. The molecule has 2 aromatic carbocycles. The minimum Gasteiger partial charge on any atom is -0.323 e. The Morgan fingerprint density at radius 1 is 1.11 bits per heavy atom. The largest absolute Gasteiger partial charge is 0.323 e. The van der Waals surface area contributed by atoms with Crippen LogP contribution in [0, 0.1) is 9.39 Å². The Labute approximate surface area is 124 Å². The van der Waals surface area contributed by atoms with Crippen LogP contribution in [0.2, 0.25) is 0 Å². The van der Waals surface area contributed by atoms with E-state index < -0.39 is 0 Å². The van der Waals surface area contributed by atoms with Crippen LogP contribution in [-0.2, 0) is 4.79 Å². The molecule has 0 aliphatic rings. The van der Waals surface area contributed by atoms with Crippen LogP contribution in [0.5, 0.6) is 0 Å². The summed E-state index contributed by atoms with van der Waals surface area (Å²) in [5.41, 5.74) is 1.10. The molecular weight excluding hydrogens is 356 g/mol. The monoisotopic (exact) mass is 367 g/mol. The van der Waals surface area contributed by atoms with E-state index in [4.69, 9.17) is 0 Å². The van der Waals surface area contributed by atoms with Gasteiger partial charge in [-0.1, -0.05) is 18.2 Å². The zero-order valence-corrected chi connectivity index (χ0v) is 12.1. The molecule has 0 unspecified atom stereocenters. The van der Waals surface area contributed by atoms with E-state index in [2.05, 4.69) is 27.9 Å². The van der Waals surface area contributed by atoms with Crippen molar-refractivity contribution in [2.45, 2.75) is 0 Å². The lowest BCUT2D eigenvalue weighted by Gasteiger charge is -2.01. The second-order valence-electron chi connectivity index (χ2n) is 3.85. The van der Waals surface area contributed by atoms with Crippen molar-refractivity contribution in [3.8, 4) is 0 Å². The fourth-order valence-corrected chi connectivity index (χ4v) is 1.85. The molecule has 1 N–H and O–H groups in total. The van der Waals surface area contributed by atoms with Crippen LogP contribution in [0.25, 0.3) is 6.08 Å². The summed E-state index contributed by atoms with van der Waals surface area (Å²) in [5.74, 6) is -0.634. The molecule has 0 radical (unpaired) electrons. The first-order valence-electron chi connectivity index (χ1n) is 5.64. The summed E-state index contributed by atoms with van der Waals surface area (Å²) < 4.78 is 14.4. The van der Waals surface area contributed by atoms with Gasteiger partial charge in [0.1, 0.15) is 5.82 Å². The van der Waals surface area contributed by atoms with Crippen LogP contribution in [-0.4, -0.2) is 5.91 Å². The fraction of sp³-hybridized carbons (Fsp3) is 0. The summed E-state index contributed by atoms with van der Waals surface area (Å²) in [5, 5.41) is 2.71. The van der Waals surface area contributed by atoms with E-state index in [1.807, 2.05) is 24.3 Å². The van der Waals surface area contributed by atoms with Crippen LogP contribution in [0.3, 0.4) is 0 Å². The van der Waals surface area contributed by atoms with Gasteiger partial charge in [0.15, 0.2) is 0 Å². The molecule has 0 heterocycles. The third-order valence-electron chi connectivity index (χ3n) is 2.43. The van der Waals surface area contributed by atoms with Gasteiger partial charge in [0.2, 0.25) is 5.91 Å². The summed E-state index contributed by atoms with van der Waals surface area (Å²) in [6, 6.07) is 13.7. The van der Waals surface area contributed by atoms with E-state index in [0.717, 1.165) is 3.57 Å². The van der Waals surface area contributed by atoms with Crippen LogP contribution in [0.4, 0.5) is 10.1 Å². The molecule has 0 fully saturated rings. The third-order valence-corrected chi connectivity index (χ3v) is 3.15. The molecule has 0 aromatic heterocycles. The van der Waals surface area contributed by atoms with Gasteiger partial charge in [-0.3, -0.25) is 4.79 Å². The summed E-state index contributed by atoms with van der Waals surface area (Å²) >= 11 is 2.19. The van der Waals surface area contributed by atoms with Crippen LogP contribution >= 0.6 is 22.6 Å². The molecule has 2 rings (SSSR count). The first-order chi connectivity index (χ1) is 9.15. The summed E-state index contributed by atoms with van der Waals surface area (Å²) in [7, 11) is 0. The Bertz CT molecular complexity index is 608. The van der Waals surface area contributed by atoms with E-state index in [-0.39, 0.29) is 11.7 Å². The molecule has 0 aliphatic carbocycles. The van der Waals surface area contributed by atoms with Gasteiger partial charge >= 0.3 is 0 Å². The van der Waals surface area contributed by atoms with Crippen LogP contribution in [0.15, 0.2) is 54.6 Å². The van der Waals surface area contributed by atoms with E-state index in [1.165, 1.54) is 18.2 Å². The summed E-state index contributed by atoms with van der Waals surface area (Å²) in [6.07, 6.45) is 2.77. The molecular formula is C15H11FINO. The normalized spacial score (nSPS) is 10.6. The molecule has 19 heavy (non-hydrogen) atoms. The highest BCUT2D eigenvalue weighted by Crippen LogP contribution is 2.12. The number of hydrogen-bond donors (Lipinski definition) is 1. The van der Waals surface area contributed by atoms with Gasteiger partial charge in [0, 0.05) is 20.9 Å². The maximum atomic E-state index is 13.3. The van der Waals surface area contributed by atoms with Crippen molar-refractivity contribution in [1.29, 1.82) is 0 Å². The second-order valence-corrected chi connectivity index (χ2v) is 5.10. The number of halogens is 2. The number of carbonyl (C=O) groups excluding carboxylic acids is 1. The molecule has 0 bridgehead atoms. The highest BCUT2D eigenvalue weighted by Gasteiger charge is 1.99. The lowest BCUT2D eigenvalue weighted by molar-refractivity contribution is -0.111. The van der Waals surface area contributed by atoms with Gasteiger partial charge in [0.25, 0.3) is 0 Å². The molecule has 1 amide bonds. The Morgan fingerprint density at radius 2 is 1.79 bits per heavy atom. The zero-order chi connectivity index (χ0) is 13.7. The Kier molecular flexibility index (Phi) is 4.68. The molecule has 0 spiro atoms. The van der Waals surface area contributed by atoms with Crippen LogP contribution in [0.1, 0.15) is 5.56 Å². The second kappa shape index (κ2) is 6.47. The lowest BCUT2D eigenvalue weighted by atomic mass is 10.2. The average molecular weight is 367 g/mol. The number of anilines is 1. The third kappa shape index (κ3) is 4.17. The van der Waals surface area contributed by atoms with Crippen molar-refractivity contribution in [2.24, 2.45) is 0 Å². The average Bonchev–Trinajstić information content (AvgIpc) is 2.40. The van der Waals surface area contributed by atoms with Crippen molar-refractivity contribution >= 4 is 40.3 Å². The van der Waals surface area contributed by atoms with Crippen molar-refractivity contribution in [2.75, 3.05) is 5.32 Å².